The number of rotatable bonds is 7. The van der Waals surface area contributed by atoms with Crippen molar-refractivity contribution in [2.75, 3.05) is 6.61 Å². The van der Waals surface area contributed by atoms with E-state index >= 15 is 0 Å². The molecule has 7 heteroatoms. The Morgan fingerprint density at radius 1 is 0.879 bits per heavy atom. The number of carbonyl (C=O) groups excluding carboxylic acids is 2. The molecule has 2 aromatic rings. The Morgan fingerprint density at radius 2 is 1.39 bits per heavy atom. The van der Waals surface area contributed by atoms with E-state index in [2.05, 4.69) is 45.0 Å². The van der Waals surface area contributed by atoms with Crippen LogP contribution in [0, 0.1) is 0 Å². The summed E-state index contributed by atoms with van der Waals surface area (Å²) in [5.41, 5.74) is 0. The fraction of sp³-hybridized carbons (Fsp3) is 0.385. The molecular formula is C26H32O6Si. The molecule has 0 spiro atoms. The van der Waals surface area contributed by atoms with Crippen molar-refractivity contribution in [3.63, 3.8) is 0 Å². The quantitative estimate of drug-likeness (QED) is 0.459. The van der Waals surface area contributed by atoms with Crippen molar-refractivity contribution < 1.29 is 28.2 Å². The van der Waals surface area contributed by atoms with Gasteiger partial charge in [0.15, 0.2) is 18.3 Å². The lowest BCUT2D eigenvalue weighted by Gasteiger charge is -2.44. The van der Waals surface area contributed by atoms with E-state index < -0.39 is 38.6 Å². The molecule has 0 saturated carbocycles. The van der Waals surface area contributed by atoms with Gasteiger partial charge in [0.1, 0.15) is 0 Å². The predicted molar refractivity (Wildman–Crippen MR) is 129 cm³/mol. The number of ether oxygens (including phenoxy) is 3. The molecule has 1 aliphatic heterocycles. The molecule has 0 unspecified atom stereocenters. The average Bonchev–Trinajstić information content (AvgIpc) is 2.76. The monoisotopic (exact) mass is 468 g/mol. The second-order valence-electron chi connectivity index (χ2n) is 9.13. The molecule has 0 aliphatic carbocycles. The first-order chi connectivity index (χ1) is 15.6. The van der Waals surface area contributed by atoms with Crippen LogP contribution in [0.2, 0.25) is 5.04 Å². The van der Waals surface area contributed by atoms with Crippen LogP contribution in [-0.4, -0.2) is 45.2 Å². The van der Waals surface area contributed by atoms with Crippen LogP contribution < -0.4 is 10.4 Å². The van der Waals surface area contributed by atoms with E-state index in [1.165, 1.54) is 20.1 Å². The van der Waals surface area contributed by atoms with Crippen molar-refractivity contribution in [2.45, 2.75) is 58.0 Å². The van der Waals surface area contributed by atoms with Gasteiger partial charge in [0, 0.05) is 13.8 Å². The fourth-order valence-electron chi connectivity index (χ4n) is 4.36. The summed E-state index contributed by atoms with van der Waals surface area (Å²) >= 11 is 0. The topological polar surface area (TPSA) is 71.1 Å². The normalized spacial score (nSPS) is 20.6. The van der Waals surface area contributed by atoms with E-state index in [0.717, 1.165) is 10.4 Å². The van der Waals surface area contributed by atoms with Crippen LogP contribution in [-0.2, 0) is 28.2 Å². The van der Waals surface area contributed by atoms with Crippen LogP contribution in [0.5, 0.6) is 0 Å². The van der Waals surface area contributed by atoms with Gasteiger partial charge in [0.25, 0.3) is 8.32 Å². The van der Waals surface area contributed by atoms with E-state index in [9.17, 15) is 9.59 Å². The Balaban J connectivity index is 2.00. The molecule has 176 valence electrons. The Bertz CT molecular complexity index is 928. The van der Waals surface area contributed by atoms with Gasteiger partial charge in [0.2, 0.25) is 0 Å². The fourth-order valence-corrected chi connectivity index (χ4v) is 8.93. The van der Waals surface area contributed by atoms with Gasteiger partial charge in [-0.2, -0.15) is 0 Å². The maximum atomic E-state index is 11.8. The summed E-state index contributed by atoms with van der Waals surface area (Å²) < 4.78 is 23.6. The summed E-state index contributed by atoms with van der Waals surface area (Å²) in [6, 6.07) is 20.5. The second kappa shape index (κ2) is 10.4. The molecule has 6 nitrogen and oxygen atoms in total. The molecule has 1 aliphatic rings. The molecule has 0 radical (unpaired) electrons. The largest absolute Gasteiger partial charge is 0.492 e. The molecule has 0 bridgehead atoms. The van der Waals surface area contributed by atoms with E-state index in [4.69, 9.17) is 18.6 Å². The molecule has 0 aromatic heterocycles. The minimum absolute atomic E-state index is 0.160. The average molecular weight is 469 g/mol. The van der Waals surface area contributed by atoms with E-state index in [-0.39, 0.29) is 11.6 Å². The molecule has 0 fully saturated rings. The SMILES string of the molecule is CC(=O)O[C@H]1[C@@H](OC(C)=O)C=CO[C@@H]1CO[Si](c1ccccc1)(c1ccccc1)C(C)(C)C. The third kappa shape index (κ3) is 5.54. The van der Waals surface area contributed by atoms with Gasteiger partial charge in [-0.25, -0.2) is 0 Å². The summed E-state index contributed by atoms with van der Waals surface area (Å²) in [5.74, 6) is -0.943. The van der Waals surface area contributed by atoms with Crippen LogP contribution >= 0.6 is 0 Å². The van der Waals surface area contributed by atoms with Gasteiger partial charge in [-0.15, -0.1) is 0 Å². The molecule has 0 N–H and O–H groups in total. The van der Waals surface area contributed by atoms with Crippen LogP contribution in [0.1, 0.15) is 34.6 Å². The zero-order chi connectivity index (χ0) is 24.1. The van der Waals surface area contributed by atoms with Crippen molar-refractivity contribution in [3.05, 3.63) is 73.0 Å². The predicted octanol–water partition coefficient (Wildman–Crippen LogP) is 3.34. The number of esters is 2. The van der Waals surface area contributed by atoms with Crippen LogP contribution in [0.3, 0.4) is 0 Å². The summed E-state index contributed by atoms with van der Waals surface area (Å²) in [6.07, 6.45) is 0.869. The smallest absolute Gasteiger partial charge is 0.303 e. The van der Waals surface area contributed by atoms with Crippen molar-refractivity contribution in [1.82, 2.24) is 0 Å². The highest BCUT2D eigenvalue weighted by Gasteiger charge is 2.51. The Kier molecular flexibility index (Phi) is 7.76. The highest BCUT2D eigenvalue weighted by Crippen LogP contribution is 2.37. The van der Waals surface area contributed by atoms with Gasteiger partial charge < -0.3 is 18.6 Å². The number of hydrogen-bond donors (Lipinski definition) is 0. The first kappa shape index (κ1) is 24.7. The summed E-state index contributed by atoms with van der Waals surface area (Å²) in [4.78, 5) is 23.4. The van der Waals surface area contributed by atoms with Gasteiger partial charge in [-0.05, 0) is 21.5 Å². The van der Waals surface area contributed by atoms with Crippen LogP contribution in [0.4, 0.5) is 0 Å². The maximum absolute atomic E-state index is 11.8. The minimum atomic E-state index is -2.81. The van der Waals surface area contributed by atoms with E-state index in [1.54, 1.807) is 6.08 Å². The molecule has 0 saturated heterocycles. The lowest BCUT2D eigenvalue weighted by Crippen LogP contribution is -2.67. The molecule has 2 aromatic carbocycles. The highest BCUT2D eigenvalue weighted by molar-refractivity contribution is 6.99. The van der Waals surface area contributed by atoms with Crippen molar-refractivity contribution in [3.8, 4) is 0 Å². The highest BCUT2D eigenvalue weighted by atomic mass is 28.4. The first-order valence-electron chi connectivity index (χ1n) is 11.1. The van der Waals surface area contributed by atoms with Crippen LogP contribution in [0.25, 0.3) is 0 Å². The third-order valence-corrected chi connectivity index (χ3v) is 10.7. The van der Waals surface area contributed by atoms with Gasteiger partial charge in [0.05, 0.1) is 12.9 Å². The van der Waals surface area contributed by atoms with Gasteiger partial charge >= 0.3 is 11.9 Å². The zero-order valence-electron chi connectivity index (χ0n) is 19.8. The van der Waals surface area contributed by atoms with Crippen molar-refractivity contribution >= 4 is 30.6 Å². The number of benzene rings is 2. The maximum Gasteiger partial charge on any atom is 0.303 e. The van der Waals surface area contributed by atoms with Crippen LogP contribution in [0.15, 0.2) is 73.0 Å². The Hall–Kier alpha value is -2.90. The minimum Gasteiger partial charge on any atom is -0.492 e. The molecular weight excluding hydrogens is 436 g/mol. The lowest BCUT2D eigenvalue weighted by atomic mass is 10.1. The Morgan fingerprint density at radius 3 is 1.85 bits per heavy atom. The molecule has 1 heterocycles. The summed E-state index contributed by atoms with van der Waals surface area (Å²) in [6.45, 7) is 9.36. The first-order valence-corrected chi connectivity index (χ1v) is 13.0. The lowest BCUT2D eigenvalue weighted by molar-refractivity contribution is -0.175. The number of hydrogen-bond acceptors (Lipinski definition) is 6. The summed E-state index contributed by atoms with van der Waals surface area (Å²) in [5, 5.41) is 2.05. The molecule has 33 heavy (non-hydrogen) atoms. The summed E-state index contributed by atoms with van der Waals surface area (Å²) in [7, 11) is -2.81. The zero-order valence-corrected chi connectivity index (χ0v) is 20.8. The molecule has 3 rings (SSSR count). The number of carbonyl (C=O) groups is 2. The third-order valence-electron chi connectivity index (χ3n) is 5.70. The van der Waals surface area contributed by atoms with Gasteiger partial charge in [-0.1, -0.05) is 81.4 Å². The Labute approximate surface area is 196 Å². The molecule has 0 amide bonds. The van der Waals surface area contributed by atoms with Crippen molar-refractivity contribution in [1.29, 1.82) is 0 Å². The van der Waals surface area contributed by atoms with Crippen molar-refractivity contribution in [2.24, 2.45) is 0 Å². The van der Waals surface area contributed by atoms with E-state index in [1.807, 2.05) is 36.4 Å². The van der Waals surface area contributed by atoms with E-state index in [0.29, 0.717) is 0 Å². The van der Waals surface area contributed by atoms with Gasteiger partial charge in [-0.3, -0.25) is 9.59 Å². The standard InChI is InChI=1S/C26H32O6Si/c1-19(27)31-23-16-17-29-24(25(23)32-20(2)28)18-30-33(26(3,4)5,21-12-8-6-9-13-21)22-14-10-7-11-15-22/h6-17,23-25H,18H2,1-5H3/t23-,24+,25-/m0/s1. The second-order valence-corrected chi connectivity index (χ2v) is 13.4. The molecule has 3 atom stereocenters.